The van der Waals surface area contributed by atoms with E-state index in [1.54, 1.807) is 34.9 Å². The van der Waals surface area contributed by atoms with Crippen LogP contribution in [0.2, 0.25) is 0 Å². The molecule has 7 nitrogen and oxygen atoms in total. The molecule has 1 amide bonds. The van der Waals surface area contributed by atoms with Gasteiger partial charge in [-0.3, -0.25) is 9.48 Å². The van der Waals surface area contributed by atoms with Crippen molar-refractivity contribution in [1.82, 2.24) is 24.9 Å². The van der Waals surface area contributed by atoms with Crippen LogP contribution >= 0.6 is 0 Å². The molecule has 0 spiro atoms. The highest BCUT2D eigenvalue weighted by Crippen LogP contribution is 2.23. The van der Waals surface area contributed by atoms with Gasteiger partial charge in [0.2, 0.25) is 0 Å². The van der Waals surface area contributed by atoms with Crippen molar-refractivity contribution in [3.63, 3.8) is 0 Å². The molecule has 2 heterocycles. The number of hydrogen-bond donors (Lipinski definition) is 1. The highest BCUT2D eigenvalue weighted by atomic mass is 16.5. The predicted molar refractivity (Wildman–Crippen MR) is 89.4 cm³/mol. The maximum Gasteiger partial charge on any atom is 0.271 e. The number of nitrogens with zero attached hydrogens (tertiary/aromatic N) is 4. The highest BCUT2D eigenvalue weighted by molar-refractivity contribution is 5.92. The van der Waals surface area contributed by atoms with Crippen molar-refractivity contribution >= 4 is 5.91 Å². The van der Waals surface area contributed by atoms with Gasteiger partial charge >= 0.3 is 0 Å². The monoisotopic (exact) mass is 325 g/mol. The zero-order chi connectivity index (χ0) is 16.9. The second-order valence-corrected chi connectivity index (χ2v) is 5.35. The molecular formula is C17H19N5O2. The Bertz CT molecular complexity index is 823. The van der Waals surface area contributed by atoms with Gasteiger partial charge in [-0.2, -0.15) is 10.2 Å². The van der Waals surface area contributed by atoms with Gasteiger partial charge in [0, 0.05) is 25.1 Å². The Labute approximate surface area is 139 Å². The van der Waals surface area contributed by atoms with Gasteiger partial charge < -0.3 is 10.1 Å². The van der Waals surface area contributed by atoms with Gasteiger partial charge in [-0.15, -0.1) is 0 Å². The molecule has 3 rings (SSSR count). The number of aromatic nitrogens is 4. The molecule has 1 N–H and O–H groups in total. The Hall–Kier alpha value is -3.09. The van der Waals surface area contributed by atoms with E-state index in [1.807, 2.05) is 37.4 Å². The summed E-state index contributed by atoms with van der Waals surface area (Å²) in [5, 5.41) is 11.3. The number of carbonyl (C=O) groups is 1. The predicted octanol–water partition coefficient (Wildman–Crippen LogP) is 1.82. The van der Waals surface area contributed by atoms with Crippen LogP contribution in [0.5, 0.6) is 5.75 Å². The lowest BCUT2D eigenvalue weighted by atomic mass is 10.2. The SMILES string of the molecule is COc1ccc(C)cc1-n1ccc(C(=O)NCCn2cccn2)n1. The van der Waals surface area contributed by atoms with E-state index in [2.05, 4.69) is 15.5 Å². The van der Waals surface area contributed by atoms with Gasteiger partial charge in [0.15, 0.2) is 5.69 Å². The summed E-state index contributed by atoms with van der Waals surface area (Å²) in [6.45, 7) is 3.10. The first-order chi connectivity index (χ1) is 11.7. The summed E-state index contributed by atoms with van der Waals surface area (Å²) in [5.41, 5.74) is 2.25. The molecule has 24 heavy (non-hydrogen) atoms. The summed E-state index contributed by atoms with van der Waals surface area (Å²) in [5.74, 6) is 0.488. The normalized spacial score (nSPS) is 10.6. The maximum atomic E-state index is 12.2. The zero-order valence-electron chi connectivity index (χ0n) is 13.6. The summed E-state index contributed by atoms with van der Waals surface area (Å²) >= 11 is 0. The Morgan fingerprint density at radius 1 is 1.29 bits per heavy atom. The lowest BCUT2D eigenvalue weighted by molar-refractivity contribution is 0.0946. The maximum absolute atomic E-state index is 12.2. The first-order valence-electron chi connectivity index (χ1n) is 7.63. The molecule has 3 aromatic rings. The van der Waals surface area contributed by atoms with Crippen molar-refractivity contribution in [2.24, 2.45) is 0 Å². The van der Waals surface area contributed by atoms with Crippen molar-refractivity contribution in [2.75, 3.05) is 13.7 Å². The minimum Gasteiger partial charge on any atom is -0.494 e. The molecule has 0 fully saturated rings. The van der Waals surface area contributed by atoms with Crippen molar-refractivity contribution in [1.29, 1.82) is 0 Å². The van der Waals surface area contributed by atoms with E-state index in [0.29, 0.717) is 24.5 Å². The highest BCUT2D eigenvalue weighted by Gasteiger charge is 2.12. The molecule has 0 saturated heterocycles. The topological polar surface area (TPSA) is 74.0 Å². The van der Waals surface area contributed by atoms with Crippen molar-refractivity contribution in [3.8, 4) is 11.4 Å². The second kappa shape index (κ2) is 6.99. The number of methoxy groups -OCH3 is 1. The Kier molecular flexibility index (Phi) is 4.60. The van der Waals surface area contributed by atoms with Crippen LogP contribution in [0.4, 0.5) is 0 Å². The number of benzene rings is 1. The Balaban J connectivity index is 1.68. The van der Waals surface area contributed by atoms with E-state index in [-0.39, 0.29) is 5.91 Å². The number of aryl methyl sites for hydroxylation is 1. The fourth-order valence-electron chi connectivity index (χ4n) is 2.37. The minimum absolute atomic E-state index is 0.215. The average Bonchev–Trinajstić information content (AvgIpc) is 3.26. The minimum atomic E-state index is -0.215. The number of amides is 1. The molecule has 1 aromatic carbocycles. The van der Waals surface area contributed by atoms with Gasteiger partial charge in [-0.25, -0.2) is 4.68 Å². The van der Waals surface area contributed by atoms with Gasteiger partial charge in [-0.1, -0.05) is 6.07 Å². The molecule has 7 heteroatoms. The summed E-state index contributed by atoms with van der Waals surface area (Å²) in [4.78, 5) is 12.2. The summed E-state index contributed by atoms with van der Waals surface area (Å²) in [6.07, 6.45) is 5.31. The number of carbonyl (C=O) groups excluding carboxylic acids is 1. The average molecular weight is 325 g/mol. The smallest absolute Gasteiger partial charge is 0.271 e. The van der Waals surface area contributed by atoms with Gasteiger partial charge in [0.25, 0.3) is 5.91 Å². The number of hydrogen-bond acceptors (Lipinski definition) is 4. The van der Waals surface area contributed by atoms with E-state index in [4.69, 9.17) is 4.74 Å². The van der Waals surface area contributed by atoms with E-state index in [1.165, 1.54) is 0 Å². The van der Waals surface area contributed by atoms with Crippen LogP contribution in [0.3, 0.4) is 0 Å². The third-order valence-electron chi connectivity index (χ3n) is 3.59. The lowest BCUT2D eigenvalue weighted by Crippen LogP contribution is -2.27. The second-order valence-electron chi connectivity index (χ2n) is 5.35. The van der Waals surface area contributed by atoms with Crippen molar-refractivity contribution in [3.05, 3.63) is 60.2 Å². The summed E-state index contributed by atoms with van der Waals surface area (Å²) in [7, 11) is 1.61. The van der Waals surface area contributed by atoms with Crippen LogP contribution < -0.4 is 10.1 Å². The fraction of sp³-hybridized carbons (Fsp3) is 0.235. The van der Waals surface area contributed by atoms with Gasteiger partial charge in [0.1, 0.15) is 11.4 Å². The molecule has 0 bridgehead atoms. The van der Waals surface area contributed by atoms with Crippen LogP contribution in [-0.4, -0.2) is 39.1 Å². The molecule has 0 radical (unpaired) electrons. The molecule has 0 unspecified atom stereocenters. The van der Waals surface area contributed by atoms with Crippen LogP contribution in [0.15, 0.2) is 48.9 Å². The van der Waals surface area contributed by atoms with Crippen molar-refractivity contribution < 1.29 is 9.53 Å². The molecule has 0 aliphatic rings. The third-order valence-corrected chi connectivity index (χ3v) is 3.59. The molecule has 0 aliphatic carbocycles. The molecule has 0 saturated carbocycles. The zero-order valence-corrected chi connectivity index (χ0v) is 13.6. The van der Waals surface area contributed by atoms with E-state index >= 15 is 0 Å². The Morgan fingerprint density at radius 2 is 2.17 bits per heavy atom. The standard InChI is InChI=1S/C17H19N5O2/c1-13-4-5-16(24-2)15(12-13)22-10-6-14(20-22)17(23)18-8-11-21-9-3-7-19-21/h3-7,9-10,12H,8,11H2,1-2H3,(H,18,23). The van der Waals surface area contributed by atoms with Crippen LogP contribution in [0.1, 0.15) is 16.1 Å². The number of ether oxygens (including phenoxy) is 1. The quantitative estimate of drug-likeness (QED) is 0.750. The van der Waals surface area contributed by atoms with Crippen LogP contribution in [-0.2, 0) is 6.54 Å². The fourth-order valence-corrected chi connectivity index (χ4v) is 2.37. The molecule has 2 aromatic heterocycles. The van der Waals surface area contributed by atoms with Crippen LogP contribution in [0, 0.1) is 6.92 Å². The van der Waals surface area contributed by atoms with Crippen LogP contribution in [0.25, 0.3) is 5.69 Å². The van der Waals surface area contributed by atoms with E-state index in [9.17, 15) is 4.79 Å². The molecular weight excluding hydrogens is 306 g/mol. The lowest BCUT2D eigenvalue weighted by Gasteiger charge is -2.09. The number of rotatable bonds is 6. The van der Waals surface area contributed by atoms with E-state index < -0.39 is 0 Å². The van der Waals surface area contributed by atoms with Crippen molar-refractivity contribution in [2.45, 2.75) is 13.5 Å². The number of nitrogens with one attached hydrogen (secondary N) is 1. The first-order valence-corrected chi connectivity index (χ1v) is 7.63. The van der Waals surface area contributed by atoms with Gasteiger partial charge in [0.05, 0.1) is 13.7 Å². The first kappa shape index (κ1) is 15.8. The molecule has 0 atom stereocenters. The Morgan fingerprint density at radius 3 is 2.92 bits per heavy atom. The third kappa shape index (κ3) is 3.45. The largest absolute Gasteiger partial charge is 0.494 e. The summed E-state index contributed by atoms with van der Waals surface area (Å²) in [6, 6.07) is 9.35. The molecule has 124 valence electrons. The summed E-state index contributed by atoms with van der Waals surface area (Å²) < 4.78 is 8.77. The van der Waals surface area contributed by atoms with E-state index in [0.717, 1.165) is 11.3 Å². The van der Waals surface area contributed by atoms with Gasteiger partial charge in [-0.05, 0) is 36.8 Å². The molecule has 0 aliphatic heterocycles.